The Hall–Kier alpha value is -2.16. The van der Waals surface area contributed by atoms with Crippen molar-refractivity contribution in [3.8, 4) is 11.5 Å². The summed E-state index contributed by atoms with van der Waals surface area (Å²) in [6.45, 7) is 1.51. The second-order valence-corrected chi connectivity index (χ2v) is 4.41. The van der Waals surface area contributed by atoms with Crippen LogP contribution in [-0.4, -0.2) is 11.7 Å². The van der Waals surface area contributed by atoms with Gasteiger partial charge in [0.25, 0.3) is 0 Å². The summed E-state index contributed by atoms with van der Waals surface area (Å²) in [7, 11) is 0. The zero-order valence-corrected chi connectivity index (χ0v) is 10.0. The molecule has 0 aliphatic carbocycles. The summed E-state index contributed by atoms with van der Waals surface area (Å²) in [5, 5.41) is 12.8. The molecule has 3 nitrogen and oxygen atoms in total. The molecule has 0 fully saturated rings. The van der Waals surface area contributed by atoms with E-state index in [1.165, 1.54) is 11.3 Å². The van der Waals surface area contributed by atoms with Gasteiger partial charge in [-0.1, -0.05) is 24.3 Å². The van der Waals surface area contributed by atoms with Gasteiger partial charge in [-0.2, -0.15) is 0 Å². The van der Waals surface area contributed by atoms with E-state index >= 15 is 0 Å². The van der Waals surface area contributed by atoms with Crippen LogP contribution in [0.4, 0.5) is 5.69 Å². The van der Waals surface area contributed by atoms with E-state index in [-0.39, 0.29) is 5.75 Å². The normalized spacial score (nSPS) is 12.9. The Morgan fingerprint density at radius 2 is 2.06 bits per heavy atom. The third kappa shape index (κ3) is 2.12. The van der Waals surface area contributed by atoms with E-state index in [0.29, 0.717) is 12.4 Å². The molecule has 0 radical (unpaired) electrons. The fraction of sp³-hybridized carbons (Fsp3) is 0.200. The van der Waals surface area contributed by atoms with Gasteiger partial charge in [-0.3, -0.25) is 0 Å². The summed E-state index contributed by atoms with van der Waals surface area (Å²) < 4.78 is 5.70. The van der Waals surface area contributed by atoms with Crippen LogP contribution in [0.15, 0.2) is 42.5 Å². The molecule has 2 aromatic carbocycles. The predicted octanol–water partition coefficient (Wildman–Crippen LogP) is 2.94. The van der Waals surface area contributed by atoms with Crippen LogP contribution < -0.4 is 10.1 Å². The van der Waals surface area contributed by atoms with E-state index in [4.69, 9.17) is 4.74 Å². The van der Waals surface area contributed by atoms with Crippen LogP contribution in [0.2, 0.25) is 0 Å². The minimum Gasteiger partial charge on any atom is -0.508 e. The lowest BCUT2D eigenvalue weighted by molar-refractivity contribution is 0.305. The maximum absolute atomic E-state index is 9.37. The molecule has 3 rings (SSSR count). The standard InChI is InChI=1S/C15H15NO2/c17-13-5-2-6-14(9-13)18-10-12-4-1-3-11-7-8-16-15(11)12/h1-6,9,16-17H,7-8,10H2. The maximum Gasteiger partial charge on any atom is 0.123 e. The Kier molecular flexibility index (Phi) is 2.81. The first kappa shape index (κ1) is 11.0. The number of aromatic hydroxyl groups is 1. The van der Waals surface area contributed by atoms with Gasteiger partial charge in [0.15, 0.2) is 0 Å². The minimum atomic E-state index is 0.226. The van der Waals surface area contributed by atoms with Crippen molar-refractivity contribution in [2.75, 3.05) is 11.9 Å². The van der Waals surface area contributed by atoms with Gasteiger partial charge in [0.2, 0.25) is 0 Å². The van der Waals surface area contributed by atoms with E-state index in [0.717, 1.165) is 18.5 Å². The second-order valence-electron chi connectivity index (χ2n) is 4.41. The van der Waals surface area contributed by atoms with E-state index in [2.05, 4.69) is 23.5 Å². The van der Waals surface area contributed by atoms with Gasteiger partial charge in [-0.05, 0) is 24.1 Å². The van der Waals surface area contributed by atoms with Crippen LogP contribution in [-0.2, 0) is 13.0 Å². The zero-order chi connectivity index (χ0) is 12.4. The van der Waals surface area contributed by atoms with E-state index in [1.807, 2.05) is 6.07 Å². The number of phenols is 1. The Balaban J connectivity index is 1.76. The Morgan fingerprint density at radius 3 is 2.94 bits per heavy atom. The van der Waals surface area contributed by atoms with Gasteiger partial charge in [-0.15, -0.1) is 0 Å². The Bertz CT molecular complexity index is 566. The topological polar surface area (TPSA) is 41.5 Å². The lowest BCUT2D eigenvalue weighted by atomic mass is 10.1. The van der Waals surface area contributed by atoms with Crippen LogP contribution in [0.3, 0.4) is 0 Å². The van der Waals surface area contributed by atoms with Gasteiger partial charge < -0.3 is 15.2 Å². The number of anilines is 1. The minimum absolute atomic E-state index is 0.226. The van der Waals surface area contributed by atoms with Gasteiger partial charge in [-0.25, -0.2) is 0 Å². The smallest absolute Gasteiger partial charge is 0.123 e. The number of rotatable bonds is 3. The molecule has 1 heterocycles. The number of phenolic OH excluding ortho intramolecular Hbond substituents is 1. The molecular formula is C15H15NO2. The number of benzene rings is 2. The SMILES string of the molecule is Oc1cccc(OCc2cccc3c2NCC3)c1. The fourth-order valence-corrected chi connectivity index (χ4v) is 2.27. The van der Waals surface area contributed by atoms with Crippen LogP contribution in [0.5, 0.6) is 11.5 Å². The molecule has 0 spiro atoms. The van der Waals surface area contributed by atoms with Gasteiger partial charge in [0, 0.05) is 23.9 Å². The second kappa shape index (κ2) is 4.61. The molecule has 1 aliphatic rings. The highest BCUT2D eigenvalue weighted by atomic mass is 16.5. The maximum atomic E-state index is 9.37. The van der Waals surface area contributed by atoms with Crippen molar-refractivity contribution < 1.29 is 9.84 Å². The quantitative estimate of drug-likeness (QED) is 0.868. The highest BCUT2D eigenvalue weighted by Gasteiger charge is 2.13. The molecule has 2 aromatic rings. The number of hydrogen-bond acceptors (Lipinski definition) is 3. The molecule has 1 aliphatic heterocycles. The van der Waals surface area contributed by atoms with E-state index in [9.17, 15) is 5.11 Å². The average Bonchev–Trinajstić information content (AvgIpc) is 2.85. The largest absolute Gasteiger partial charge is 0.508 e. The third-order valence-electron chi connectivity index (χ3n) is 3.15. The fourth-order valence-electron chi connectivity index (χ4n) is 2.27. The van der Waals surface area contributed by atoms with Crippen LogP contribution in [0, 0.1) is 0 Å². The van der Waals surface area contributed by atoms with Gasteiger partial charge in [0.1, 0.15) is 18.1 Å². The summed E-state index contributed by atoms with van der Waals surface area (Å²) in [6.07, 6.45) is 1.08. The lowest BCUT2D eigenvalue weighted by Gasteiger charge is -2.10. The van der Waals surface area contributed by atoms with Crippen LogP contribution >= 0.6 is 0 Å². The Labute approximate surface area is 106 Å². The predicted molar refractivity (Wildman–Crippen MR) is 71.1 cm³/mol. The molecule has 0 aromatic heterocycles. The molecular weight excluding hydrogens is 226 g/mol. The van der Waals surface area contributed by atoms with Crippen LogP contribution in [0.25, 0.3) is 0 Å². The van der Waals surface area contributed by atoms with Crippen molar-refractivity contribution in [3.63, 3.8) is 0 Å². The summed E-state index contributed by atoms with van der Waals surface area (Å²) in [5.41, 5.74) is 3.72. The number of nitrogens with one attached hydrogen (secondary N) is 1. The molecule has 92 valence electrons. The third-order valence-corrected chi connectivity index (χ3v) is 3.15. The molecule has 0 atom stereocenters. The highest BCUT2D eigenvalue weighted by Crippen LogP contribution is 2.27. The first-order chi connectivity index (χ1) is 8.83. The van der Waals surface area contributed by atoms with Gasteiger partial charge in [0.05, 0.1) is 0 Å². The monoisotopic (exact) mass is 241 g/mol. The average molecular weight is 241 g/mol. The first-order valence-electron chi connectivity index (χ1n) is 6.09. The van der Waals surface area contributed by atoms with Crippen molar-refractivity contribution in [1.82, 2.24) is 0 Å². The summed E-state index contributed by atoms with van der Waals surface area (Å²) in [4.78, 5) is 0. The summed E-state index contributed by atoms with van der Waals surface area (Å²) >= 11 is 0. The molecule has 0 saturated heterocycles. The molecule has 3 heteroatoms. The van der Waals surface area contributed by atoms with Crippen molar-refractivity contribution in [2.45, 2.75) is 13.0 Å². The molecule has 0 amide bonds. The lowest BCUT2D eigenvalue weighted by Crippen LogP contribution is -2.00. The van der Waals surface area contributed by atoms with Crippen molar-refractivity contribution in [3.05, 3.63) is 53.6 Å². The van der Waals surface area contributed by atoms with Crippen molar-refractivity contribution in [1.29, 1.82) is 0 Å². The molecule has 0 saturated carbocycles. The molecule has 18 heavy (non-hydrogen) atoms. The van der Waals surface area contributed by atoms with Crippen molar-refractivity contribution >= 4 is 5.69 Å². The summed E-state index contributed by atoms with van der Waals surface area (Å²) in [6, 6.07) is 13.2. The first-order valence-corrected chi connectivity index (χ1v) is 6.09. The van der Waals surface area contributed by atoms with E-state index < -0.39 is 0 Å². The highest BCUT2D eigenvalue weighted by molar-refractivity contribution is 5.61. The zero-order valence-electron chi connectivity index (χ0n) is 10.0. The number of hydrogen-bond donors (Lipinski definition) is 2. The number of ether oxygens (including phenoxy) is 1. The van der Waals surface area contributed by atoms with Gasteiger partial charge >= 0.3 is 0 Å². The van der Waals surface area contributed by atoms with E-state index in [1.54, 1.807) is 18.2 Å². The Morgan fingerprint density at radius 1 is 1.17 bits per heavy atom. The van der Waals surface area contributed by atoms with Crippen molar-refractivity contribution in [2.24, 2.45) is 0 Å². The van der Waals surface area contributed by atoms with Crippen LogP contribution in [0.1, 0.15) is 11.1 Å². The number of fused-ring (bicyclic) bond motifs is 1. The number of para-hydroxylation sites is 1. The summed E-state index contributed by atoms with van der Waals surface area (Å²) in [5.74, 6) is 0.912. The molecule has 0 bridgehead atoms. The molecule has 2 N–H and O–H groups in total. The molecule has 0 unspecified atom stereocenters.